The Labute approximate surface area is 82.0 Å². The topological polar surface area (TPSA) is 30.0 Å². The van der Waals surface area contributed by atoms with Crippen LogP contribution in [0.2, 0.25) is 0 Å². The van der Waals surface area contributed by atoms with E-state index >= 15 is 0 Å². The molecule has 0 N–H and O–H groups in total. The molecule has 0 fully saturated rings. The van der Waals surface area contributed by atoms with E-state index in [0.717, 1.165) is 19.1 Å². The summed E-state index contributed by atoms with van der Waals surface area (Å²) in [6, 6.07) is 0. The highest BCUT2D eigenvalue weighted by Crippen LogP contribution is 2.24. The van der Waals surface area contributed by atoms with Gasteiger partial charge >= 0.3 is 0 Å². The number of rotatable bonds is 1. The fourth-order valence-corrected chi connectivity index (χ4v) is 2.74. The number of hydrogen-bond acceptors (Lipinski definition) is 3. The third-order valence-electron chi connectivity index (χ3n) is 2.46. The smallest absolute Gasteiger partial charge is 0.178 e. The Balaban J connectivity index is 2.25. The van der Waals surface area contributed by atoms with Crippen molar-refractivity contribution < 1.29 is 4.79 Å². The molecular weight excluding hydrogens is 182 g/mol. The molecule has 0 aliphatic heterocycles. The molecule has 0 aromatic carbocycles. The van der Waals surface area contributed by atoms with E-state index in [1.165, 1.54) is 36.3 Å². The molecule has 13 heavy (non-hydrogen) atoms. The fraction of sp³-hybridized carbons (Fsp3) is 0.600. The van der Waals surface area contributed by atoms with E-state index in [-0.39, 0.29) is 0 Å². The zero-order chi connectivity index (χ0) is 9.10. The van der Waals surface area contributed by atoms with Gasteiger partial charge in [0.05, 0.1) is 5.69 Å². The third kappa shape index (κ3) is 1.97. The van der Waals surface area contributed by atoms with Crippen molar-refractivity contribution >= 4 is 17.6 Å². The summed E-state index contributed by atoms with van der Waals surface area (Å²) in [5.41, 5.74) is 1.19. The minimum atomic E-state index is 0.659. The molecular formula is C10H13NOS. The monoisotopic (exact) mass is 195 g/mol. The van der Waals surface area contributed by atoms with Crippen LogP contribution in [0.4, 0.5) is 0 Å². The van der Waals surface area contributed by atoms with Gasteiger partial charge in [-0.05, 0) is 25.7 Å². The van der Waals surface area contributed by atoms with Gasteiger partial charge < -0.3 is 0 Å². The van der Waals surface area contributed by atoms with Gasteiger partial charge in [-0.25, -0.2) is 4.98 Å². The van der Waals surface area contributed by atoms with Crippen molar-refractivity contribution in [3.05, 3.63) is 15.6 Å². The summed E-state index contributed by atoms with van der Waals surface area (Å²) < 4.78 is 0. The van der Waals surface area contributed by atoms with Crippen molar-refractivity contribution in [3.8, 4) is 0 Å². The molecule has 1 aliphatic carbocycles. The average molecular weight is 195 g/mol. The fourth-order valence-electron chi connectivity index (χ4n) is 1.78. The molecule has 0 saturated heterocycles. The molecule has 0 saturated carbocycles. The van der Waals surface area contributed by atoms with Gasteiger partial charge in [0.15, 0.2) is 11.3 Å². The van der Waals surface area contributed by atoms with Crippen LogP contribution in [-0.4, -0.2) is 11.3 Å². The van der Waals surface area contributed by atoms with Crippen LogP contribution in [0.3, 0.4) is 0 Å². The molecule has 3 heteroatoms. The molecule has 1 aliphatic rings. The lowest BCUT2D eigenvalue weighted by atomic mass is 10.0. The van der Waals surface area contributed by atoms with Crippen molar-refractivity contribution in [2.45, 2.75) is 38.5 Å². The van der Waals surface area contributed by atoms with Crippen molar-refractivity contribution in [2.24, 2.45) is 0 Å². The number of aldehydes is 1. The van der Waals surface area contributed by atoms with Crippen molar-refractivity contribution in [3.63, 3.8) is 0 Å². The van der Waals surface area contributed by atoms with Gasteiger partial charge in [0.1, 0.15) is 0 Å². The molecule has 1 aromatic heterocycles. The number of nitrogens with zero attached hydrogens (tertiary/aromatic N) is 1. The molecule has 0 radical (unpaired) electrons. The van der Waals surface area contributed by atoms with Crippen LogP contribution in [0.15, 0.2) is 0 Å². The number of carbonyl (C=O) groups excluding carboxylic acids is 1. The van der Waals surface area contributed by atoms with E-state index in [1.807, 2.05) is 0 Å². The number of aromatic nitrogens is 1. The third-order valence-corrected chi connectivity index (χ3v) is 3.55. The zero-order valence-corrected chi connectivity index (χ0v) is 8.40. The van der Waals surface area contributed by atoms with Crippen LogP contribution in [-0.2, 0) is 12.8 Å². The first-order chi connectivity index (χ1) is 6.40. The normalized spacial score (nSPS) is 17.2. The lowest BCUT2D eigenvalue weighted by Gasteiger charge is -2.06. The SMILES string of the molecule is O=Cc1nc2c(s1)CCCCCC2. The minimum Gasteiger partial charge on any atom is -0.295 e. The highest BCUT2D eigenvalue weighted by atomic mass is 32.1. The Morgan fingerprint density at radius 2 is 1.92 bits per heavy atom. The van der Waals surface area contributed by atoms with Gasteiger partial charge in [-0.15, -0.1) is 11.3 Å². The molecule has 70 valence electrons. The van der Waals surface area contributed by atoms with E-state index in [9.17, 15) is 4.79 Å². The summed E-state index contributed by atoms with van der Waals surface area (Å²) in [5.74, 6) is 0. The second-order valence-corrected chi connectivity index (χ2v) is 4.57. The Bertz CT molecular complexity index is 280. The lowest BCUT2D eigenvalue weighted by molar-refractivity contribution is 0.112. The van der Waals surface area contributed by atoms with Crippen LogP contribution < -0.4 is 0 Å². The summed E-state index contributed by atoms with van der Waals surface area (Å²) in [7, 11) is 0. The van der Waals surface area contributed by atoms with Gasteiger partial charge in [-0.1, -0.05) is 12.8 Å². The molecule has 1 aromatic rings. The van der Waals surface area contributed by atoms with Crippen molar-refractivity contribution in [2.75, 3.05) is 0 Å². The van der Waals surface area contributed by atoms with E-state index in [1.54, 1.807) is 11.3 Å². The van der Waals surface area contributed by atoms with Crippen LogP contribution in [0.25, 0.3) is 0 Å². The number of hydrogen-bond donors (Lipinski definition) is 0. The molecule has 0 unspecified atom stereocenters. The quantitative estimate of drug-likeness (QED) is 0.645. The number of fused-ring (bicyclic) bond motifs is 1. The number of thiazole rings is 1. The maximum absolute atomic E-state index is 10.5. The van der Waals surface area contributed by atoms with E-state index in [4.69, 9.17) is 0 Å². The number of carbonyl (C=O) groups is 1. The van der Waals surface area contributed by atoms with Crippen molar-refractivity contribution in [1.82, 2.24) is 4.98 Å². The predicted molar refractivity (Wildman–Crippen MR) is 53.4 cm³/mol. The van der Waals surface area contributed by atoms with Gasteiger partial charge in [0, 0.05) is 4.88 Å². The van der Waals surface area contributed by atoms with Crippen LogP contribution in [0.1, 0.15) is 46.1 Å². The Hall–Kier alpha value is -0.700. The second kappa shape index (κ2) is 4.01. The number of aryl methyl sites for hydroxylation is 2. The van der Waals surface area contributed by atoms with Crippen LogP contribution >= 0.6 is 11.3 Å². The van der Waals surface area contributed by atoms with Gasteiger partial charge in [-0.2, -0.15) is 0 Å². The van der Waals surface area contributed by atoms with E-state index in [2.05, 4.69) is 4.98 Å². The first kappa shape index (κ1) is 8.88. The summed E-state index contributed by atoms with van der Waals surface area (Å²) in [6.45, 7) is 0. The predicted octanol–water partition coefficient (Wildman–Crippen LogP) is 2.61. The summed E-state index contributed by atoms with van der Waals surface area (Å²) in [6.07, 6.45) is 8.19. The zero-order valence-electron chi connectivity index (χ0n) is 7.58. The van der Waals surface area contributed by atoms with E-state index in [0.29, 0.717) is 5.01 Å². The summed E-state index contributed by atoms with van der Waals surface area (Å²) in [5, 5.41) is 0.659. The Morgan fingerprint density at radius 1 is 1.15 bits per heavy atom. The minimum absolute atomic E-state index is 0.659. The largest absolute Gasteiger partial charge is 0.295 e. The molecule has 2 nitrogen and oxygen atoms in total. The van der Waals surface area contributed by atoms with Gasteiger partial charge in [-0.3, -0.25) is 4.79 Å². The standard InChI is InChI=1S/C10H13NOS/c12-7-10-11-8-5-3-1-2-4-6-9(8)13-10/h7H,1-6H2. The molecule has 2 rings (SSSR count). The maximum Gasteiger partial charge on any atom is 0.178 e. The second-order valence-electron chi connectivity index (χ2n) is 3.45. The molecule has 0 spiro atoms. The lowest BCUT2D eigenvalue weighted by Crippen LogP contribution is -1.96. The highest BCUT2D eigenvalue weighted by molar-refractivity contribution is 7.13. The van der Waals surface area contributed by atoms with Gasteiger partial charge in [0.25, 0.3) is 0 Å². The highest BCUT2D eigenvalue weighted by Gasteiger charge is 2.12. The average Bonchev–Trinajstić information content (AvgIpc) is 2.47. The van der Waals surface area contributed by atoms with Crippen molar-refractivity contribution in [1.29, 1.82) is 0 Å². The van der Waals surface area contributed by atoms with Crippen LogP contribution in [0, 0.1) is 0 Å². The Morgan fingerprint density at radius 3 is 2.69 bits per heavy atom. The molecule has 0 bridgehead atoms. The van der Waals surface area contributed by atoms with Gasteiger partial charge in [0.2, 0.25) is 0 Å². The van der Waals surface area contributed by atoms with E-state index < -0.39 is 0 Å². The Kier molecular flexibility index (Phi) is 2.74. The summed E-state index contributed by atoms with van der Waals surface area (Å²) in [4.78, 5) is 16.2. The molecule has 1 heterocycles. The first-order valence-electron chi connectivity index (χ1n) is 4.84. The molecule has 0 atom stereocenters. The maximum atomic E-state index is 10.5. The first-order valence-corrected chi connectivity index (χ1v) is 5.65. The summed E-state index contributed by atoms with van der Waals surface area (Å²) >= 11 is 1.58. The molecule has 0 amide bonds. The van der Waals surface area contributed by atoms with Crippen LogP contribution in [0.5, 0.6) is 0 Å².